The summed E-state index contributed by atoms with van der Waals surface area (Å²) in [5.41, 5.74) is -2.80. The van der Waals surface area contributed by atoms with Crippen molar-refractivity contribution in [3.63, 3.8) is 0 Å². The minimum Gasteiger partial charge on any atom is -0.466 e. The molecule has 0 rings (SSSR count). The Bertz CT molecular complexity index is 650. The Kier molecular flexibility index (Phi) is 14.7. The SMILES string of the molecule is CCCCOC(=O)[C@H](CC(C)C)C(CCCOC(C)=O)(C(=O)OCCCC)C(=O)OC(C)(C)C. The molecule has 0 aromatic rings. The highest BCUT2D eigenvalue weighted by molar-refractivity contribution is 6.04. The molecule has 0 aliphatic rings. The fourth-order valence-electron chi connectivity index (χ4n) is 3.51. The lowest BCUT2D eigenvalue weighted by Gasteiger charge is -2.38. The van der Waals surface area contributed by atoms with Crippen LogP contribution in [0.1, 0.15) is 100 Å². The van der Waals surface area contributed by atoms with E-state index < -0.39 is 40.8 Å². The van der Waals surface area contributed by atoms with Crippen molar-refractivity contribution in [3.05, 3.63) is 0 Å². The number of hydrogen-bond donors (Lipinski definition) is 0. The van der Waals surface area contributed by atoms with Gasteiger partial charge in [0.05, 0.1) is 25.7 Å². The molecule has 0 fully saturated rings. The van der Waals surface area contributed by atoms with Gasteiger partial charge >= 0.3 is 23.9 Å². The molecule has 198 valence electrons. The molecular formula is C26H46O8. The van der Waals surface area contributed by atoms with Gasteiger partial charge in [-0.15, -0.1) is 0 Å². The summed E-state index contributed by atoms with van der Waals surface area (Å²) >= 11 is 0. The third-order valence-electron chi connectivity index (χ3n) is 5.21. The van der Waals surface area contributed by atoms with Crippen LogP contribution in [0.15, 0.2) is 0 Å². The predicted molar refractivity (Wildman–Crippen MR) is 129 cm³/mol. The molecule has 0 amide bonds. The van der Waals surface area contributed by atoms with Crippen molar-refractivity contribution in [2.24, 2.45) is 17.3 Å². The van der Waals surface area contributed by atoms with E-state index in [0.29, 0.717) is 12.8 Å². The molecule has 1 unspecified atom stereocenters. The van der Waals surface area contributed by atoms with E-state index in [9.17, 15) is 19.2 Å². The van der Waals surface area contributed by atoms with E-state index >= 15 is 0 Å². The van der Waals surface area contributed by atoms with E-state index in [1.807, 2.05) is 27.7 Å². The van der Waals surface area contributed by atoms with Crippen LogP contribution in [0.5, 0.6) is 0 Å². The lowest BCUT2D eigenvalue weighted by atomic mass is 9.68. The van der Waals surface area contributed by atoms with Crippen molar-refractivity contribution in [2.45, 2.75) is 106 Å². The summed E-state index contributed by atoms with van der Waals surface area (Å²) in [5, 5.41) is 0. The second kappa shape index (κ2) is 15.7. The topological polar surface area (TPSA) is 105 Å². The second-order valence-electron chi connectivity index (χ2n) is 10.1. The maximum absolute atomic E-state index is 13.7. The molecule has 0 bridgehead atoms. The summed E-state index contributed by atoms with van der Waals surface area (Å²) in [6.07, 6.45) is 3.28. The molecule has 2 atom stereocenters. The zero-order valence-corrected chi connectivity index (χ0v) is 22.5. The minimum atomic E-state index is -1.91. The lowest BCUT2D eigenvalue weighted by Crippen LogP contribution is -2.53. The summed E-state index contributed by atoms with van der Waals surface area (Å²) < 4.78 is 21.8. The van der Waals surface area contributed by atoms with Gasteiger partial charge in [0, 0.05) is 6.92 Å². The van der Waals surface area contributed by atoms with Crippen LogP contribution in [0.2, 0.25) is 0 Å². The van der Waals surface area contributed by atoms with Crippen LogP contribution in [0, 0.1) is 17.3 Å². The maximum atomic E-state index is 13.7. The van der Waals surface area contributed by atoms with Gasteiger partial charge in [0.1, 0.15) is 5.60 Å². The Hall–Kier alpha value is -2.12. The van der Waals surface area contributed by atoms with Gasteiger partial charge in [-0.2, -0.15) is 0 Å². The van der Waals surface area contributed by atoms with Crippen molar-refractivity contribution in [3.8, 4) is 0 Å². The lowest BCUT2D eigenvalue weighted by molar-refractivity contribution is -0.192. The van der Waals surface area contributed by atoms with E-state index in [1.165, 1.54) is 6.92 Å². The van der Waals surface area contributed by atoms with Crippen molar-refractivity contribution in [2.75, 3.05) is 19.8 Å². The molecule has 0 aliphatic heterocycles. The molecule has 0 aromatic heterocycles. The maximum Gasteiger partial charge on any atom is 0.324 e. The summed E-state index contributed by atoms with van der Waals surface area (Å²) in [7, 11) is 0. The normalized spacial score (nSPS) is 14.1. The fraction of sp³-hybridized carbons (Fsp3) is 0.846. The molecule has 0 N–H and O–H groups in total. The number of esters is 4. The standard InChI is InChI=1S/C26H46O8/c1-9-11-15-32-22(28)21(18-19(3)4)26(14-13-17-31-20(5)27,23(29)33-16-12-10-2)24(30)34-25(6,7)8/h19,21H,9-18H2,1-8H3/t21-,26?/m0/s1. The van der Waals surface area contributed by atoms with Gasteiger partial charge < -0.3 is 18.9 Å². The Morgan fingerprint density at radius 3 is 1.76 bits per heavy atom. The Labute approximate surface area is 205 Å². The molecule has 8 nitrogen and oxygen atoms in total. The highest BCUT2D eigenvalue weighted by Gasteiger charge is 2.58. The number of hydrogen-bond acceptors (Lipinski definition) is 8. The first-order chi connectivity index (χ1) is 15.8. The van der Waals surface area contributed by atoms with Gasteiger partial charge in [0.2, 0.25) is 0 Å². The quantitative estimate of drug-likeness (QED) is 0.130. The van der Waals surface area contributed by atoms with Gasteiger partial charge in [-0.3, -0.25) is 19.2 Å². The van der Waals surface area contributed by atoms with Crippen LogP contribution in [0.25, 0.3) is 0 Å². The molecule has 8 heteroatoms. The van der Waals surface area contributed by atoms with Crippen LogP contribution in [0.4, 0.5) is 0 Å². The zero-order valence-electron chi connectivity index (χ0n) is 22.5. The molecule has 0 aromatic carbocycles. The highest BCUT2D eigenvalue weighted by Crippen LogP contribution is 2.42. The Morgan fingerprint density at radius 1 is 0.765 bits per heavy atom. The van der Waals surface area contributed by atoms with Crippen molar-refractivity contribution in [1.82, 2.24) is 0 Å². The Balaban J connectivity index is 6.48. The van der Waals surface area contributed by atoms with Crippen molar-refractivity contribution < 1.29 is 38.1 Å². The van der Waals surface area contributed by atoms with Crippen LogP contribution in [-0.2, 0) is 38.1 Å². The average molecular weight is 487 g/mol. The van der Waals surface area contributed by atoms with Gasteiger partial charge in [0.15, 0.2) is 5.41 Å². The molecule has 0 radical (unpaired) electrons. The van der Waals surface area contributed by atoms with Crippen LogP contribution >= 0.6 is 0 Å². The van der Waals surface area contributed by atoms with Crippen LogP contribution in [-0.4, -0.2) is 49.3 Å². The first-order valence-corrected chi connectivity index (χ1v) is 12.5. The van der Waals surface area contributed by atoms with Crippen LogP contribution < -0.4 is 0 Å². The molecule has 34 heavy (non-hydrogen) atoms. The van der Waals surface area contributed by atoms with E-state index in [2.05, 4.69) is 0 Å². The van der Waals surface area contributed by atoms with Crippen molar-refractivity contribution >= 4 is 23.9 Å². The number of ether oxygens (including phenoxy) is 4. The van der Waals surface area contributed by atoms with E-state index in [-0.39, 0.29) is 45.0 Å². The summed E-state index contributed by atoms with van der Waals surface area (Å²) in [6.45, 7) is 14.5. The van der Waals surface area contributed by atoms with Gasteiger partial charge in [-0.1, -0.05) is 40.5 Å². The van der Waals surface area contributed by atoms with Gasteiger partial charge in [-0.05, 0) is 58.8 Å². The second-order valence-corrected chi connectivity index (χ2v) is 10.1. The van der Waals surface area contributed by atoms with Crippen molar-refractivity contribution in [1.29, 1.82) is 0 Å². The largest absolute Gasteiger partial charge is 0.466 e. The summed E-state index contributed by atoms with van der Waals surface area (Å²) in [6, 6.07) is 0. The summed E-state index contributed by atoms with van der Waals surface area (Å²) in [5.74, 6) is -3.80. The Morgan fingerprint density at radius 2 is 1.29 bits per heavy atom. The number of rotatable bonds is 16. The third kappa shape index (κ3) is 11.3. The number of carbonyl (C=O) groups is 4. The smallest absolute Gasteiger partial charge is 0.324 e. The molecule has 0 aliphatic carbocycles. The predicted octanol–water partition coefficient (Wildman–Crippen LogP) is 5.01. The molecule has 0 saturated carbocycles. The van der Waals surface area contributed by atoms with E-state index in [1.54, 1.807) is 20.8 Å². The fourth-order valence-corrected chi connectivity index (χ4v) is 3.51. The zero-order chi connectivity index (χ0) is 26.4. The number of unbranched alkanes of at least 4 members (excludes halogenated alkanes) is 2. The molecule has 0 saturated heterocycles. The molecule has 0 heterocycles. The van der Waals surface area contributed by atoms with Gasteiger partial charge in [0.25, 0.3) is 0 Å². The first-order valence-electron chi connectivity index (χ1n) is 12.5. The summed E-state index contributed by atoms with van der Waals surface area (Å²) in [4.78, 5) is 51.9. The third-order valence-corrected chi connectivity index (χ3v) is 5.21. The molecule has 0 spiro atoms. The highest BCUT2D eigenvalue weighted by atomic mass is 16.6. The monoisotopic (exact) mass is 486 g/mol. The average Bonchev–Trinajstić information content (AvgIpc) is 2.71. The van der Waals surface area contributed by atoms with Gasteiger partial charge in [-0.25, -0.2) is 0 Å². The molecular weight excluding hydrogens is 440 g/mol. The first kappa shape index (κ1) is 31.9. The number of carbonyl (C=O) groups excluding carboxylic acids is 4. The van der Waals surface area contributed by atoms with E-state index in [0.717, 1.165) is 12.8 Å². The van der Waals surface area contributed by atoms with E-state index in [4.69, 9.17) is 18.9 Å². The van der Waals surface area contributed by atoms with Crippen LogP contribution in [0.3, 0.4) is 0 Å². The minimum absolute atomic E-state index is 0.00139.